The van der Waals surface area contributed by atoms with E-state index in [2.05, 4.69) is 39.5 Å². The topological polar surface area (TPSA) is 54.5 Å². The van der Waals surface area contributed by atoms with E-state index >= 15 is 0 Å². The van der Waals surface area contributed by atoms with Gasteiger partial charge in [0.25, 0.3) is 5.91 Å². The molecular formula is C22H23N3O2. The highest BCUT2D eigenvalue weighted by atomic mass is 16.5. The lowest BCUT2D eigenvalue weighted by molar-refractivity contribution is 0.0938. The Morgan fingerprint density at radius 3 is 2.70 bits per heavy atom. The molecule has 1 fully saturated rings. The Bertz CT molecular complexity index is 946. The van der Waals surface area contributed by atoms with Crippen LogP contribution in [-0.2, 0) is 4.74 Å². The van der Waals surface area contributed by atoms with Crippen LogP contribution in [0.15, 0.2) is 60.8 Å². The summed E-state index contributed by atoms with van der Waals surface area (Å²) in [6.45, 7) is 4.82. The summed E-state index contributed by atoms with van der Waals surface area (Å²) in [7, 11) is 0. The van der Waals surface area contributed by atoms with Crippen molar-refractivity contribution in [1.82, 2.24) is 10.3 Å². The lowest BCUT2D eigenvalue weighted by Crippen LogP contribution is -2.38. The van der Waals surface area contributed by atoms with Crippen molar-refractivity contribution in [2.24, 2.45) is 0 Å². The normalized spacial score (nSPS) is 15.5. The van der Waals surface area contributed by atoms with Crippen LogP contribution in [0.25, 0.3) is 10.8 Å². The third-order valence-electron chi connectivity index (χ3n) is 4.98. The van der Waals surface area contributed by atoms with Crippen LogP contribution in [0.1, 0.15) is 28.9 Å². The molecule has 5 nitrogen and oxygen atoms in total. The maximum absolute atomic E-state index is 13.0. The number of aromatic nitrogens is 1. The first kappa shape index (κ1) is 17.5. The quantitative estimate of drug-likeness (QED) is 0.772. The molecule has 0 bridgehead atoms. The first-order valence-corrected chi connectivity index (χ1v) is 9.30. The molecule has 1 unspecified atom stereocenters. The molecular weight excluding hydrogens is 338 g/mol. The van der Waals surface area contributed by atoms with E-state index in [4.69, 9.17) is 4.74 Å². The van der Waals surface area contributed by atoms with Gasteiger partial charge in [-0.05, 0) is 35.4 Å². The van der Waals surface area contributed by atoms with Crippen molar-refractivity contribution in [3.8, 4) is 0 Å². The number of nitrogens with zero attached hydrogens (tertiary/aromatic N) is 2. The molecule has 3 aromatic rings. The number of anilines is 1. The summed E-state index contributed by atoms with van der Waals surface area (Å²) in [5.74, 6) is 0.619. The number of ether oxygens (including phenoxy) is 1. The number of hydrogen-bond donors (Lipinski definition) is 1. The second-order valence-corrected chi connectivity index (χ2v) is 6.74. The van der Waals surface area contributed by atoms with Crippen molar-refractivity contribution >= 4 is 22.5 Å². The smallest absolute Gasteiger partial charge is 0.255 e. The third-order valence-corrected chi connectivity index (χ3v) is 4.98. The molecule has 138 valence electrons. The number of amides is 1. The predicted molar refractivity (Wildman–Crippen MR) is 107 cm³/mol. The number of rotatable bonds is 4. The van der Waals surface area contributed by atoms with Crippen LogP contribution in [-0.4, -0.2) is 37.2 Å². The number of carbonyl (C=O) groups is 1. The molecule has 5 heteroatoms. The molecule has 1 N–H and O–H groups in total. The fourth-order valence-corrected chi connectivity index (χ4v) is 3.58. The fraction of sp³-hybridized carbons (Fsp3) is 0.273. The molecule has 4 rings (SSSR count). The van der Waals surface area contributed by atoms with E-state index in [0.29, 0.717) is 18.8 Å². The van der Waals surface area contributed by atoms with Gasteiger partial charge in [-0.15, -0.1) is 0 Å². The standard InChI is InChI=1S/C22H23N3O2/c1-16(18-9-4-7-17-6-2-3-8-19(17)18)24-22(26)20-10-5-11-23-21(20)25-12-14-27-15-13-25/h2-11,16H,12-15H2,1H3,(H,24,26). The van der Waals surface area contributed by atoms with Gasteiger partial charge in [0, 0.05) is 19.3 Å². The van der Waals surface area contributed by atoms with Crippen molar-refractivity contribution in [1.29, 1.82) is 0 Å². The number of nitrogens with one attached hydrogen (secondary N) is 1. The van der Waals surface area contributed by atoms with Crippen molar-refractivity contribution in [3.05, 3.63) is 71.9 Å². The van der Waals surface area contributed by atoms with Crippen LogP contribution < -0.4 is 10.2 Å². The SMILES string of the molecule is CC(NC(=O)c1cccnc1N1CCOCC1)c1cccc2ccccc12. The molecule has 0 spiro atoms. The van der Waals surface area contributed by atoms with Gasteiger partial charge < -0.3 is 15.0 Å². The molecule has 1 atom stereocenters. The van der Waals surface area contributed by atoms with Gasteiger partial charge in [-0.1, -0.05) is 42.5 Å². The minimum Gasteiger partial charge on any atom is -0.378 e. The predicted octanol–water partition coefficient (Wildman–Crippen LogP) is 3.56. The molecule has 1 aromatic heterocycles. The Balaban J connectivity index is 1.59. The zero-order valence-electron chi connectivity index (χ0n) is 15.4. The van der Waals surface area contributed by atoms with Gasteiger partial charge in [0.05, 0.1) is 24.8 Å². The van der Waals surface area contributed by atoms with E-state index in [9.17, 15) is 4.79 Å². The van der Waals surface area contributed by atoms with Crippen LogP contribution in [0.5, 0.6) is 0 Å². The van der Waals surface area contributed by atoms with Crippen LogP contribution in [0.2, 0.25) is 0 Å². The number of benzene rings is 2. The zero-order chi connectivity index (χ0) is 18.6. The van der Waals surface area contributed by atoms with Gasteiger partial charge in [0.15, 0.2) is 0 Å². The van der Waals surface area contributed by atoms with E-state index in [1.54, 1.807) is 12.3 Å². The van der Waals surface area contributed by atoms with Gasteiger partial charge in [0.1, 0.15) is 5.82 Å². The summed E-state index contributed by atoms with van der Waals surface area (Å²) >= 11 is 0. The Hall–Kier alpha value is -2.92. The lowest BCUT2D eigenvalue weighted by Gasteiger charge is -2.29. The summed E-state index contributed by atoms with van der Waals surface area (Å²) in [4.78, 5) is 19.6. The van der Waals surface area contributed by atoms with Crippen LogP contribution in [0.4, 0.5) is 5.82 Å². The minimum absolute atomic E-state index is 0.106. The highest BCUT2D eigenvalue weighted by molar-refractivity contribution is 5.99. The Kier molecular flexibility index (Phi) is 5.03. The molecule has 1 amide bonds. The fourth-order valence-electron chi connectivity index (χ4n) is 3.58. The molecule has 1 aliphatic rings. The summed E-state index contributed by atoms with van der Waals surface area (Å²) < 4.78 is 5.41. The first-order valence-electron chi connectivity index (χ1n) is 9.30. The zero-order valence-corrected chi connectivity index (χ0v) is 15.4. The van der Waals surface area contributed by atoms with Crippen molar-refractivity contribution < 1.29 is 9.53 Å². The molecule has 2 aromatic carbocycles. The molecule has 2 heterocycles. The second kappa shape index (κ2) is 7.76. The van der Waals surface area contributed by atoms with Crippen LogP contribution in [0.3, 0.4) is 0 Å². The highest BCUT2D eigenvalue weighted by Gasteiger charge is 2.21. The molecule has 1 saturated heterocycles. The second-order valence-electron chi connectivity index (χ2n) is 6.74. The number of pyridine rings is 1. The summed E-state index contributed by atoms with van der Waals surface area (Å²) in [5, 5.41) is 5.48. The Morgan fingerprint density at radius 2 is 1.85 bits per heavy atom. The summed E-state index contributed by atoms with van der Waals surface area (Å²) in [6.07, 6.45) is 1.73. The lowest BCUT2D eigenvalue weighted by atomic mass is 9.99. The summed E-state index contributed by atoms with van der Waals surface area (Å²) in [5.41, 5.74) is 1.71. The van der Waals surface area contributed by atoms with E-state index in [0.717, 1.165) is 29.9 Å². The molecule has 1 aliphatic heterocycles. The highest BCUT2D eigenvalue weighted by Crippen LogP contribution is 2.25. The van der Waals surface area contributed by atoms with Gasteiger partial charge >= 0.3 is 0 Å². The Morgan fingerprint density at radius 1 is 1.07 bits per heavy atom. The monoisotopic (exact) mass is 361 g/mol. The molecule has 0 saturated carbocycles. The largest absolute Gasteiger partial charge is 0.378 e. The minimum atomic E-state index is -0.110. The van der Waals surface area contributed by atoms with Crippen molar-refractivity contribution in [2.75, 3.05) is 31.2 Å². The molecule has 0 aliphatic carbocycles. The number of carbonyl (C=O) groups excluding carboxylic acids is 1. The average molecular weight is 361 g/mol. The van der Waals surface area contributed by atoms with Crippen LogP contribution in [0, 0.1) is 0 Å². The number of fused-ring (bicyclic) bond motifs is 1. The van der Waals surface area contributed by atoms with Gasteiger partial charge in [-0.25, -0.2) is 4.98 Å². The molecule has 0 radical (unpaired) electrons. The first-order chi connectivity index (χ1) is 13.2. The Labute approximate surface area is 159 Å². The summed E-state index contributed by atoms with van der Waals surface area (Å²) in [6, 6.07) is 18.0. The van der Waals surface area contributed by atoms with E-state index in [1.165, 1.54) is 5.39 Å². The van der Waals surface area contributed by atoms with Gasteiger partial charge in [-0.3, -0.25) is 4.79 Å². The van der Waals surface area contributed by atoms with Gasteiger partial charge in [-0.2, -0.15) is 0 Å². The van der Waals surface area contributed by atoms with Crippen molar-refractivity contribution in [2.45, 2.75) is 13.0 Å². The van der Waals surface area contributed by atoms with E-state index < -0.39 is 0 Å². The van der Waals surface area contributed by atoms with Gasteiger partial charge in [0.2, 0.25) is 0 Å². The third kappa shape index (κ3) is 3.64. The van der Waals surface area contributed by atoms with E-state index in [-0.39, 0.29) is 11.9 Å². The maximum Gasteiger partial charge on any atom is 0.255 e. The molecule has 27 heavy (non-hydrogen) atoms. The van der Waals surface area contributed by atoms with Crippen molar-refractivity contribution in [3.63, 3.8) is 0 Å². The van der Waals surface area contributed by atoms with E-state index in [1.807, 2.05) is 31.2 Å². The maximum atomic E-state index is 13.0. The average Bonchev–Trinajstić information content (AvgIpc) is 2.74. The number of morpholine rings is 1. The number of hydrogen-bond acceptors (Lipinski definition) is 4. The van der Waals surface area contributed by atoms with Crippen LogP contribution >= 0.6 is 0 Å².